The fourth-order valence-electron chi connectivity index (χ4n) is 2.93. The molecule has 0 aliphatic heterocycles. The summed E-state index contributed by atoms with van der Waals surface area (Å²) >= 11 is 0. The summed E-state index contributed by atoms with van der Waals surface area (Å²) in [7, 11) is 2.00. The second-order valence-electron chi connectivity index (χ2n) is 5.27. The Kier molecular flexibility index (Phi) is 3.65. The number of fused-ring (bicyclic) bond motifs is 1. The first kappa shape index (κ1) is 12.4. The minimum atomic E-state index is 0.924. The maximum atomic E-state index is 4.58. The molecule has 0 saturated carbocycles. The lowest BCUT2D eigenvalue weighted by Crippen LogP contribution is -2.12. The summed E-state index contributed by atoms with van der Waals surface area (Å²) in [5.74, 6) is 0. The molecule has 2 aromatic rings. The van der Waals surface area contributed by atoms with Crippen molar-refractivity contribution in [2.75, 3.05) is 7.05 Å². The number of hydrogen-bond donors (Lipinski definition) is 1. The van der Waals surface area contributed by atoms with Crippen LogP contribution in [0.1, 0.15) is 35.4 Å². The lowest BCUT2D eigenvalue weighted by Gasteiger charge is -2.15. The van der Waals surface area contributed by atoms with Gasteiger partial charge < -0.3 is 9.88 Å². The van der Waals surface area contributed by atoms with Gasteiger partial charge in [-0.15, -0.1) is 0 Å². The predicted molar refractivity (Wildman–Crippen MR) is 77.2 cm³/mol. The zero-order chi connectivity index (χ0) is 13.1. The number of hydrogen-bond acceptors (Lipinski definition) is 2. The average Bonchev–Trinajstić information content (AvgIpc) is 2.85. The second kappa shape index (κ2) is 5.57. The number of rotatable bonds is 4. The summed E-state index contributed by atoms with van der Waals surface area (Å²) in [6.07, 6.45) is 6.95. The van der Waals surface area contributed by atoms with Crippen molar-refractivity contribution in [3.8, 4) is 0 Å². The van der Waals surface area contributed by atoms with E-state index >= 15 is 0 Å². The molecular formula is C16H21N3. The van der Waals surface area contributed by atoms with E-state index in [9.17, 15) is 0 Å². The summed E-state index contributed by atoms with van der Waals surface area (Å²) in [4.78, 5) is 4.58. The largest absolute Gasteiger partial charge is 0.330 e. The van der Waals surface area contributed by atoms with E-state index in [1.54, 1.807) is 0 Å². The van der Waals surface area contributed by atoms with Crippen molar-refractivity contribution in [1.29, 1.82) is 0 Å². The van der Waals surface area contributed by atoms with Crippen LogP contribution in [0.15, 0.2) is 30.6 Å². The van der Waals surface area contributed by atoms with E-state index in [1.165, 1.54) is 41.8 Å². The molecule has 0 bridgehead atoms. The van der Waals surface area contributed by atoms with Crippen molar-refractivity contribution in [3.63, 3.8) is 0 Å². The van der Waals surface area contributed by atoms with Crippen LogP contribution >= 0.6 is 0 Å². The Morgan fingerprint density at radius 1 is 1.16 bits per heavy atom. The van der Waals surface area contributed by atoms with Gasteiger partial charge in [-0.2, -0.15) is 0 Å². The molecule has 1 aromatic heterocycles. The van der Waals surface area contributed by atoms with E-state index in [0.29, 0.717) is 0 Å². The fraction of sp³-hybridized carbons (Fsp3) is 0.438. The topological polar surface area (TPSA) is 29.9 Å². The zero-order valence-corrected chi connectivity index (χ0v) is 11.5. The maximum absolute atomic E-state index is 4.58. The van der Waals surface area contributed by atoms with Gasteiger partial charge in [-0.05, 0) is 43.9 Å². The van der Waals surface area contributed by atoms with E-state index in [-0.39, 0.29) is 0 Å². The van der Waals surface area contributed by atoms with Crippen LogP contribution in [0.5, 0.6) is 0 Å². The molecule has 100 valence electrons. The van der Waals surface area contributed by atoms with E-state index in [0.717, 1.165) is 19.5 Å². The van der Waals surface area contributed by atoms with E-state index < -0.39 is 0 Å². The Hall–Kier alpha value is -1.61. The Labute approximate surface area is 114 Å². The van der Waals surface area contributed by atoms with Gasteiger partial charge in [-0.25, -0.2) is 4.98 Å². The van der Waals surface area contributed by atoms with Crippen molar-refractivity contribution in [1.82, 2.24) is 14.9 Å². The van der Waals surface area contributed by atoms with Crippen molar-refractivity contribution in [3.05, 3.63) is 53.1 Å². The van der Waals surface area contributed by atoms with Gasteiger partial charge in [0.1, 0.15) is 0 Å². The average molecular weight is 255 g/mol. The first-order valence-corrected chi connectivity index (χ1v) is 7.12. The van der Waals surface area contributed by atoms with E-state index in [4.69, 9.17) is 0 Å². The lowest BCUT2D eigenvalue weighted by molar-refractivity contribution is 0.626. The number of nitrogens with one attached hydrogen (secondary N) is 1. The molecule has 0 unspecified atom stereocenters. The molecule has 0 amide bonds. The van der Waals surface area contributed by atoms with Gasteiger partial charge in [0.15, 0.2) is 0 Å². The first-order chi connectivity index (χ1) is 9.38. The Bertz CT molecular complexity index is 557. The molecular weight excluding hydrogens is 234 g/mol. The summed E-state index contributed by atoms with van der Waals surface area (Å²) in [6, 6.07) is 8.66. The molecule has 0 atom stereocenters. The lowest BCUT2D eigenvalue weighted by atomic mass is 10.0. The summed E-state index contributed by atoms with van der Waals surface area (Å²) < 4.78 is 2.34. The second-order valence-corrected chi connectivity index (χ2v) is 5.27. The van der Waals surface area contributed by atoms with Crippen LogP contribution in [0, 0.1) is 0 Å². The highest BCUT2D eigenvalue weighted by Gasteiger charge is 2.15. The van der Waals surface area contributed by atoms with Gasteiger partial charge in [0.05, 0.1) is 12.0 Å². The maximum Gasteiger partial charge on any atom is 0.0954 e. The normalized spacial score (nSPS) is 14.4. The van der Waals surface area contributed by atoms with Gasteiger partial charge in [0.2, 0.25) is 0 Å². The van der Waals surface area contributed by atoms with Crippen LogP contribution < -0.4 is 5.32 Å². The molecule has 1 aliphatic carbocycles. The molecule has 1 aromatic carbocycles. The monoisotopic (exact) mass is 255 g/mol. The van der Waals surface area contributed by atoms with Crippen molar-refractivity contribution in [2.45, 2.75) is 38.8 Å². The van der Waals surface area contributed by atoms with Crippen LogP contribution in [-0.4, -0.2) is 16.6 Å². The van der Waals surface area contributed by atoms with Crippen LogP contribution in [-0.2, 0) is 25.9 Å². The molecule has 1 N–H and O–H groups in total. The number of imidazole rings is 1. The zero-order valence-electron chi connectivity index (χ0n) is 11.5. The minimum absolute atomic E-state index is 0.924. The van der Waals surface area contributed by atoms with Crippen LogP contribution in [0.3, 0.4) is 0 Å². The molecule has 1 aliphatic rings. The molecule has 19 heavy (non-hydrogen) atoms. The molecule has 3 heteroatoms. The Morgan fingerprint density at radius 2 is 1.95 bits per heavy atom. The van der Waals surface area contributed by atoms with Gasteiger partial charge in [-0.1, -0.05) is 24.3 Å². The summed E-state index contributed by atoms with van der Waals surface area (Å²) in [6.45, 7) is 1.87. The minimum Gasteiger partial charge on any atom is -0.330 e. The predicted octanol–water partition coefficient (Wildman–Crippen LogP) is 2.53. The highest BCUT2D eigenvalue weighted by Crippen LogP contribution is 2.21. The SMILES string of the molecule is CNCc1ccccc1Cn1cnc2c1CCCC2. The van der Waals surface area contributed by atoms with E-state index in [2.05, 4.69) is 39.1 Å². The molecule has 0 fully saturated rings. The molecule has 3 nitrogen and oxygen atoms in total. The summed E-state index contributed by atoms with van der Waals surface area (Å²) in [5, 5.41) is 3.24. The first-order valence-electron chi connectivity index (χ1n) is 7.12. The molecule has 3 rings (SSSR count). The highest BCUT2D eigenvalue weighted by atomic mass is 15.1. The van der Waals surface area contributed by atoms with Gasteiger partial charge in [0.25, 0.3) is 0 Å². The number of nitrogens with zero attached hydrogens (tertiary/aromatic N) is 2. The molecule has 1 heterocycles. The molecule has 0 spiro atoms. The van der Waals surface area contributed by atoms with Gasteiger partial charge in [-0.3, -0.25) is 0 Å². The quantitative estimate of drug-likeness (QED) is 0.910. The van der Waals surface area contributed by atoms with Gasteiger partial charge in [0, 0.05) is 18.8 Å². The highest BCUT2D eigenvalue weighted by molar-refractivity contribution is 5.28. The number of benzene rings is 1. The number of aryl methyl sites for hydroxylation is 1. The van der Waals surface area contributed by atoms with Crippen molar-refractivity contribution in [2.24, 2.45) is 0 Å². The van der Waals surface area contributed by atoms with Crippen LogP contribution in [0.4, 0.5) is 0 Å². The van der Waals surface area contributed by atoms with Crippen LogP contribution in [0.25, 0.3) is 0 Å². The number of aromatic nitrogens is 2. The molecule has 0 radical (unpaired) electrons. The van der Waals surface area contributed by atoms with Crippen LogP contribution in [0.2, 0.25) is 0 Å². The van der Waals surface area contributed by atoms with Gasteiger partial charge >= 0.3 is 0 Å². The third kappa shape index (κ3) is 2.56. The summed E-state index contributed by atoms with van der Waals surface area (Å²) in [5.41, 5.74) is 5.54. The smallest absolute Gasteiger partial charge is 0.0954 e. The molecule has 0 saturated heterocycles. The third-order valence-corrected chi connectivity index (χ3v) is 3.94. The fourth-order valence-corrected chi connectivity index (χ4v) is 2.93. The van der Waals surface area contributed by atoms with Crippen molar-refractivity contribution >= 4 is 0 Å². The Balaban J connectivity index is 1.87. The van der Waals surface area contributed by atoms with E-state index in [1.807, 2.05) is 13.4 Å². The Morgan fingerprint density at radius 3 is 2.79 bits per heavy atom. The van der Waals surface area contributed by atoms with Crippen molar-refractivity contribution < 1.29 is 0 Å². The standard InChI is InChI=1S/C16H21N3/c1-17-10-13-6-2-3-7-14(13)11-19-12-18-15-8-4-5-9-16(15)19/h2-3,6-7,12,17H,4-5,8-11H2,1H3. The third-order valence-electron chi connectivity index (χ3n) is 3.94.